The molecule has 0 saturated heterocycles. The number of nitrogens with one attached hydrogen (secondary N) is 2. The van der Waals surface area contributed by atoms with Crippen LogP contribution in [0.1, 0.15) is 17.5 Å². The van der Waals surface area contributed by atoms with Crippen LogP contribution in [0.25, 0.3) is 5.70 Å². The highest BCUT2D eigenvalue weighted by Gasteiger charge is 2.06. The molecule has 0 amide bonds. The maximum atomic E-state index is 13.5. The molecule has 0 aliphatic carbocycles. The molecule has 0 spiro atoms. The van der Waals surface area contributed by atoms with Gasteiger partial charge in [-0.15, -0.1) is 11.3 Å². The Bertz CT molecular complexity index is 590. The van der Waals surface area contributed by atoms with E-state index in [2.05, 4.69) is 10.3 Å². The summed E-state index contributed by atoms with van der Waals surface area (Å²) in [7, 11) is 0. The lowest BCUT2D eigenvalue weighted by molar-refractivity contribution is 0.605. The van der Waals surface area contributed by atoms with Crippen molar-refractivity contribution in [2.75, 3.05) is 0 Å². The smallest absolute Gasteiger partial charge is 0.139 e. The average Bonchev–Trinajstić information content (AvgIpc) is 2.89. The fourth-order valence-corrected chi connectivity index (χ4v) is 2.22. The molecule has 0 unspecified atom stereocenters. The van der Waals surface area contributed by atoms with Gasteiger partial charge >= 0.3 is 0 Å². The Labute approximate surface area is 115 Å². The van der Waals surface area contributed by atoms with E-state index < -0.39 is 0 Å². The lowest BCUT2D eigenvalue weighted by Gasteiger charge is -2.09. The van der Waals surface area contributed by atoms with Gasteiger partial charge in [-0.3, -0.25) is 0 Å². The zero-order valence-electron chi connectivity index (χ0n) is 10.5. The predicted molar refractivity (Wildman–Crippen MR) is 76.7 cm³/mol. The Morgan fingerprint density at radius 3 is 2.89 bits per heavy atom. The predicted octanol–water partition coefficient (Wildman–Crippen LogP) is 3.45. The summed E-state index contributed by atoms with van der Waals surface area (Å²) in [5, 5.41) is 13.3. The van der Waals surface area contributed by atoms with Gasteiger partial charge in [-0.25, -0.2) is 9.37 Å². The molecule has 0 radical (unpaired) electrons. The van der Waals surface area contributed by atoms with Gasteiger partial charge in [-0.1, -0.05) is 18.2 Å². The van der Waals surface area contributed by atoms with Crippen LogP contribution in [-0.4, -0.2) is 10.7 Å². The van der Waals surface area contributed by atoms with E-state index in [1.54, 1.807) is 37.4 Å². The first-order valence-electron chi connectivity index (χ1n) is 5.81. The quantitative estimate of drug-likeness (QED) is 0.821. The van der Waals surface area contributed by atoms with Crippen LogP contribution < -0.4 is 5.32 Å². The highest BCUT2D eigenvalue weighted by atomic mass is 32.1. The second kappa shape index (κ2) is 6.24. The first-order valence-corrected chi connectivity index (χ1v) is 6.69. The van der Waals surface area contributed by atoms with Crippen LogP contribution in [0.15, 0.2) is 41.9 Å². The van der Waals surface area contributed by atoms with Crippen LogP contribution in [0.4, 0.5) is 4.39 Å². The van der Waals surface area contributed by atoms with Gasteiger partial charge in [0, 0.05) is 29.4 Å². The highest BCUT2D eigenvalue weighted by Crippen LogP contribution is 2.16. The van der Waals surface area contributed by atoms with E-state index in [1.807, 2.05) is 5.38 Å². The summed E-state index contributed by atoms with van der Waals surface area (Å²) in [5.74, 6) is -0.236. The van der Waals surface area contributed by atoms with Gasteiger partial charge in [0.05, 0.1) is 5.70 Å². The lowest BCUT2D eigenvalue weighted by atomic mass is 10.2. The molecule has 0 atom stereocenters. The first kappa shape index (κ1) is 13.4. The minimum Gasteiger partial charge on any atom is -0.378 e. The summed E-state index contributed by atoms with van der Waals surface area (Å²) in [5.41, 5.74) is 1.75. The average molecular weight is 275 g/mol. The Kier molecular flexibility index (Phi) is 4.41. The molecule has 98 valence electrons. The minimum absolute atomic E-state index is 0.236. The Hall–Kier alpha value is -2.01. The largest absolute Gasteiger partial charge is 0.378 e. The Morgan fingerprint density at radius 1 is 1.47 bits per heavy atom. The zero-order valence-corrected chi connectivity index (χ0v) is 11.3. The van der Waals surface area contributed by atoms with E-state index in [-0.39, 0.29) is 5.82 Å². The van der Waals surface area contributed by atoms with E-state index in [1.165, 1.54) is 17.4 Å². The van der Waals surface area contributed by atoms with E-state index >= 15 is 0 Å². The topological polar surface area (TPSA) is 48.8 Å². The third-order valence-electron chi connectivity index (χ3n) is 2.45. The fourth-order valence-electron chi connectivity index (χ4n) is 1.59. The highest BCUT2D eigenvalue weighted by molar-refractivity contribution is 7.10. The SMILES string of the molecule is CC(=N)/C=C(\NCc1ccccc1F)c1nccs1. The maximum Gasteiger partial charge on any atom is 0.139 e. The maximum absolute atomic E-state index is 13.5. The molecule has 2 N–H and O–H groups in total. The molecule has 0 aliphatic heterocycles. The molecular formula is C14H14FN3S. The number of thiazole rings is 1. The van der Waals surface area contributed by atoms with Crippen molar-refractivity contribution in [3.8, 4) is 0 Å². The standard InChI is InChI=1S/C14H14FN3S/c1-10(16)8-13(14-17-6-7-19-14)18-9-11-4-2-3-5-12(11)15/h2-8,16,18H,9H2,1H3/b13-8-,16-10?. The normalized spacial score (nSPS) is 11.4. The summed E-state index contributed by atoms with van der Waals surface area (Å²) in [6.45, 7) is 2.06. The molecular weight excluding hydrogens is 261 g/mol. The minimum atomic E-state index is -0.236. The van der Waals surface area contributed by atoms with Crippen LogP contribution in [-0.2, 0) is 6.54 Å². The van der Waals surface area contributed by atoms with Gasteiger partial charge in [-0.2, -0.15) is 0 Å². The molecule has 2 rings (SSSR count). The van der Waals surface area contributed by atoms with Gasteiger partial charge < -0.3 is 10.7 Å². The zero-order chi connectivity index (χ0) is 13.7. The number of benzene rings is 1. The number of allylic oxidation sites excluding steroid dienone is 1. The summed E-state index contributed by atoms with van der Waals surface area (Å²) in [6.07, 6.45) is 3.40. The van der Waals surface area contributed by atoms with Crippen LogP contribution in [0.2, 0.25) is 0 Å². The van der Waals surface area contributed by atoms with Gasteiger partial charge in [0.2, 0.25) is 0 Å². The molecule has 0 saturated carbocycles. The molecule has 5 heteroatoms. The van der Waals surface area contributed by atoms with E-state index in [9.17, 15) is 4.39 Å². The van der Waals surface area contributed by atoms with E-state index in [0.29, 0.717) is 17.8 Å². The number of hydrogen-bond donors (Lipinski definition) is 2. The third kappa shape index (κ3) is 3.72. The van der Waals surface area contributed by atoms with Crippen molar-refractivity contribution in [1.82, 2.24) is 10.3 Å². The molecule has 2 aromatic rings. The number of halogens is 1. The van der Waals surface area contributed by atoms with E-state index in [4.69, 9.17) is 5.41 Å². The third-order valence-corrected chi connectivity index (χ3v) is 3.26. The molecule has 1 aromatic heterocycles. The van der Waals surface area contributed by atoms with Crippen LogP contribution in [0.5, 0.6) is 0 Å². The van der Waals surface area contributed by atoms with Crippen molar-refractivity contribution in [2.24, 2.45) is 0 Å². The van der Waals surface area contributed by atoms with Crippen LogP contribution in [0.3, 0.4) is 0 Å². The van der Waals surface area contributed by atoms with E-state index in [0.717, 1.165) is 10.7 Å². The molecule has 0 bridgehead atoms. The fraction of sp³-hybridized carbons (Fsp3) is 0.143. The first-order chi connectivity index (χ1) is 9.16. The monoisotopic (exact) mass is 275 g/mol. The molecule has 19 heavy (non-hydrogen) atoms. The van der Waals surface area contributed by atoms with Gasteiger partial charge in [0.1, 0.15) is 10.8 Å². The molecule has 0 aliphatic rings. The number of hydrogen-bond acceptors (Lipinski definition) is 4. The van der Waals surface area contributed by atoms with Crippen molar-refractivity contribution in [2.45, 2.75) is 13.5 Å². The lowest BCUT2D eigenvalue weighted by Crippen LogP contribution is -2.13. The Balaban J connectivity index is 2.14. The van der Waals surface area contributed by atoms with Gasteiger partial charge in [0.25, 0.3) is 0 Å². The summed E-state index contributed by atoms with van der Waals surface area (Å²) in [4.78, 5) is 4.20. The second-order valence-electron chi connectivity index (χ2n) is 4.02. The Morgan fingerprint density at radius 2 is 2.26 bits per heavy atom. The van der Waals surface area contributed by atoms with Crippen LogP contribution >= 0.6 is 11.3 Å². The van der Waals surface area contributed by atoms with Crippen molar-refractivity contribution >= 4 is 22.7 Å². The molecule has 1 aromatic carbocycles. The van der Waals surface area contributed by atoms with Crippen LogP contribution in [0, 0.1) is 11.2 Å². The van der Waals surface area contributed by atoms with Crippen molar-refractivity contribution in [3.05, 3.63) is 58.3 Å². The van der Waals surface area contributed by atoms with Gasteiger partial charge in [0.15, 0.2) is 0 Å². The van der Waals surface area contributed by atoms with Gasteiger partial charge in [-0.05, 0) is 19.1 Å². The number of nitrogens with zero attached hydrogens (tertiary/aromatic N) is 1. The number of aromatic nitrogens is 1. The van der Waals surface area contributed by atoms with Crippen molar-refractivity contribution < 1.29 is 4.39 Å². The summed E-state index contributed by atoms with van der Waals surface area (Å²) in [6, 6.07) is 6.64. The number of rotatable bonds is 5. The molecule has 3 nitrogen and oxygen atoms in total. The van der Waals surface area contributed by atoms with Crippen molar-refractivity contribution in [1.29, 1.82) is 5.41 Å². The molecule has 1 heterocycles. The van der Waals surface area contributed by atoms with Crippen molar-refractivity contribution in [3.63, 3.8) is 0 Å². The summed E-state index contributed by atoms with van der Waals surface area (Å²) < 4.78 is 13.5. The summed E-state index contributed by atoms with van der Waals surface area (Å²) >= 11 is 1.48. The molecule has 0 fully saturated rings. The second-order valence-corrected chi connectivity index (χ2v) is 4.92.